The van der Waals surface area contributed by atoms with E-state index in [0.717, 1.165) is 24.8 Å². The molecule has 29 heavy (non-hydrogen) atoms. The van der Waals surface area contributed by atoms with Crippen molar-refractivity contribution in [3.8, 4) is 0 Å². The van der Waals surface area contributed by atoms with E-state index >= 15 is 0 Å². The fourth-order valence-electron chi connectivity index (χ4n) is 4.46. The van der Waals surface area contributed by atoms with E-state index in [1.54, 1.807) is 22.6 Å². The maximum atomic E-state index is 13.5. The molecule has 2 fully saturated rings. The van der Waals surface area contributed by atoms with Crippen LogP contribution < -0.4 is 0 Å². The number of imidazole rings is 1. The number of fused-ring (bicyclic) bond motifs is 1. The van der Waals surface area contributed by atoms with E-state index in [-0.39, 0.29) is 0 Å². The highest BCUT2D eigenvalue weighted by molar-refractivity contribution is 7.89. The first-order valence-corrected chi connectivity index (χ1v) is 11.8. The molecule has 1 aliphatic heterocycles. The van der Waals surface area contributed by atoms with E-state index in [1.165, 1.54) is 24.4 Å². The maximum absolute atomic E-state index is 13.5. The van der Waals surface area contributed by atoms with Crippen LogP contribution in [0.2, 0.25) is 0 Å². The van der Waals surface area contributed by atoms with Gasteiger partial charge in [-0.25, -0.2) is 13.4 Å². The van der Waals surface area contributed by atoms with E-state index in [4.69, 9.17) is 0 Å². The maximum Gasteiger partial charge on any atom is 0.245 e. The van der Waals surface area contributed by atoms with Gasteiger partial charge in [0.1, 0.15) is 10.7 Å². The summed E-state index contributed by atoms with van der Waals surface area (Å²) in [5.74, 6) is 2.07. The second-order valence-electron chi connectivity index (χ2n) is 8.35. The van der Waals surface area contributed by atoms with E-state index in [0.29, 0.717) is 35.3 Å². The Labute approximate surface area is 171 Å². The van der Waals surface area contributed by atoms with Crippen molar-refractivity contribution in [2.45, 2.75) is 50.0 Å². The molecule has 1 saturated carbocycles. The minimum atomic E-state index is -3.58. The predicted octanol–water partition coefficient (Wildman–Crippen LogP) is 3.72. The highest BCUT2D eigenvalue weighted by atomic mass is 32.2. The number of nitrogens with zero attached hydrogens (tertiary/aromatic N) is 4. The van der Waals surface area contributed by atoms with E-state index in [9.17, 15) is 8.42 Å². The summed E-state index contributed by atoms with van der Waals surface area (Å²) in [4.78, 5) is 9.28. The lowest BCUT2D eigenvalue weighted by Crippen LogP contribution is -2.41. The van der Waals surface area contributed by atoms with Crippen LogP contribution in [-0.2, 0) is 16.6 Å². The van der Waals surface area contributed by atoms with Crippen molar-refractivity contribution >= 4 is 20.9 Å². The van der Waals surface area contributed by atoms with Gasteiger partial charge in [0.05, 0.1) is 5.52 Å². The van der Waals surface area contributed by atoms with Gasteiger partial charge in [-0.1, -0.05) is 18.2 Å². The van der Waals surface area contributed by atoms with E-state index in [1.807, 2.05) is 24.4 Å². The van der Waals surface area contributed by atoms with Gasteiger partial charge >= 0.3 is 0 Å². The summed E-state index contributed by atoms with van der Waals surface area (Å²) in [6.45, 7) is 4.06. The fraction of sp³-hybridized carbons (Fsp3) is 0.455. The van der Waals surface area contributed by atoms with Crippen LogP contribution in [-0.4, -0.2) is 40.3 Å². The first-order chi connectivity index (χ1) is 14.0. The first kappa shape index (κ1) is 18.8. The normalized spacial score (nSPS) is 20.9. The lowest BCUT2D eigenvalue weighted by molar-refractivity contribution is 0.243. The largest absolute Gasteiger partial charge is 0.332 e. The van der Waals surface area contributed by atoms with Gasteiger partial charge in [-0.05, 0) is 50.7 Å². The number of hydrogen-bond donors (Lipinski definition) is 0. The molecule has 1 unspecified atom stereocenters. The Balaban J connectivity index is 1.41. The summed E-state index contributed by atoms with van der Waals surface area (Å²) >= 11 is 0. The van der Waals surface area contributed by atoms with Crippen LogP contribution >= 0.6 is 0 Å². The molecule has 0 radical (unpaired) electrons. The van der Waals surface area contributed by atoms with Crippen LogP contribution in [0.1, 0.15) is 43.1 Å². The van der Waals surface area contributed by atoms with Gasteiger partial charge in [0, 0.05) is 49.0 Å². The number of hydrogen-bond acceptors (Lipinski definition) is 4. The number of aromatic nitrogens is 3. The average molecular weight is 411 g/mol. The van der Waals surface area contributed by atoms with Gasteiger partial charge < -0.3 is 4.57 Å². The van der Waals surface area contributed by atoms with Crippen LogP contribution in [0.15, 0.2) is 47.6 Å². The Morgan fingerprint density at radius 3 is 2.76 bits per heavy atom. The number of sulfonamides is 1. The molecule has 6 nitrogen and oxygen atoms in total. The molecule has 3 aromatic rings. The molecule has 5 rings (SSSR count). The van der Waals surface area contributed by atoms with Crippen LogP contribution in [0.25, 0.3) is 10.9 Å². The Morgan fingerprint density at radius 2 is 1.93 bits per heavy atom. The van der Waals surface area contributed by atoms with Gasteiger partial charge in [0.25, 0.3) is 0 Å². The summed E-state index contributed by atoms with van der Waals surface area (Å²) in [6.07, 6.45) is 7.97. The molecule has 1 saturated heterocycles. The summed E-state index contributed by atoms with van der Waals surface area (Å²) in [6, 6.07) is 9.12. The molecule has 2 aromatic heterocycles. The smallest absolute Gasteiger partial charge is 0.245 e. The Morgan fingerprint density at radius 1 is 1.10 bits per heavy atom. The zero-order valence-electron chi connectivity index (χ0n) is 16.7. The Kier molecular flexibility index (Phi) is 4.67. The zero-order valence-corrected chi connectivity index (χ0v) is 17.5. The third-order valence-corrected chi connectivity index (χ3v) is 8.06. The van der Waals surface area contributed by atoms with Gasteiger partial charge in [0.15, 0.2) is 0 Å². The van der Waals surface area contributed by atoms with Crippen LogP contribution in [0.3, 0.4) is 0 Å². The number of aryl methyl sites for hydroxylation is 1. The van der Waals surface area contributed by atoms with Gasteiger partial charge in [0.2, 0.25) is 10.0 Å². The van der Waals surface area contributed by atoms with Crippen molar-refractivity contribution in [1.82, 2.24) is 18.8 Å². The molecule has 1 aliphatic carbocycles. The van der Waals surface area contributed by atoms with Crippen molar-refractivity contribution in [3.63, 3.8) is 0 Å². The second kappa shape index (κ2) is 7.22. The SMILES string of the molecule is Cc1cnc(C2CC2)n1CC1CCCN(S(=O)(=O)c2cccc3cccnc23)C1. The van der Waals surface area contributed by atoms with Gasteiger partial charge in [-0.15, -0.1) is 0 Å². The zero-order chi connectivity index (χ0) is 20.0. The molecule has 1 aromatic carbocycles. The van der Waals surface area contributed by atoms with Gasteiger partial charge in [-0.2, -0.15) is 4.31 Å². The number of rotatable bonds is 5. The molecule has 2 aliphatic rings. The average Bonchev–Trinajstić information content (AvgIpc) is 3.52. The molecular weight excluding hydrogens is 384 g/mol. The standard InChI is InChI=1S/C22H26N4O2S/c1-16-13-24-22(19-9-10-19)26(16)15-17-5-4-12-25(14-17)29(27,28)20-8-2-6-18-7-3-11-23-21(18)20/h2-3,6-8,11,13,17,19H,4-5,9-10,12,14-15H2,1H3. The molecule has 0 N–H and O–H groups in total. The highest BCUT2D eigenvalue weighted by Crippen LogP contribution is 2.40. The lowest BCUT2D eigenvalue weighted by atomic mass is 9.99. The Bertz CT molecular complexity index is 1150. The summed E-state index contributed by atoms with van der Waals surface area (Å²) in [5, 5.41) is 0.852. The van der Waals surface area contributed by atoms with E-state index in [2.05, 4.69) is 21.5 Å². The number of para-hydroxylation sites is 1. The van der Waals surface area contributed by atoms with Crippen molar-refractivity contribution < 1.29 is 8.42 Å². The van der Waals surface area contributed by atoms with Crippen LogP contribution in [0.5, 0.6) is 0 Å². The molecule has 7 heteroatoms. The lowest BCUT2D eigenvalue weighted by Gasteiger charge is -2.32. The van der Waals surface area contributed by atoms with Crippen LogP contribution in [0, 0.1) is 12.8 Å². The molecule has 3 heterocycles. The van der Waals surface area contributed by atoms with Crippen molar-refractivity contribution in [2.75, 3.05) is 13.1 Å². The van der Waals surface area contributed by atoms with E-state index < -0.39 is 10.0 Å². The summed E-state index contributed by atoms with van der Waals surface area (Å²) in [5.41, 5.74) is 1.73. The molecule has 1 atom stereocenters. The fourth-order valence-corrected chi connectivity index (χ4v) is 6.18. The quantitative estimate of drug-likeness (QED) is 0.643. The molecule has 0 amide bonds. The number of pyridine rings is 1. The highest BCUT2D eigenvalue weighted by Gasteiger charge is 2.34. The first-order valence-electron chi connectivity index (χ1n) is 10.4. The van der Waals surface area contributed by atoms with Crippen LogP contribution in [0.4, 0.5) is 0 Å². The van der Waals surface area contributed by atoms with Crippen molar-refractivity contribution in [2.24, 2.45) is 5.92 Å². The molecule has 0 spiro atoms. The third-order valence-electron chi connectivity index (χ3n) is 6.16. The number of benzene rings is 1. The Hall–Kier alpha value is -2.25. The van der Waals surface area contributed by atoms with Crippen molar-refractivity contribution in [1.29, 1.82) is 0 Å². The third kappa shape index (κ3) is 3.46. The molecule has 0 bridgehead atoms. The summed E-state index contributed by atoms with van der Waals surface area (Å²) < 4.78 is 30.9. The molecular formula is C22H26N4O2S. The summed E-state index contributed by atoms with van der Waals surface area (Å²) in [7, 11) is -3.58. The minimum absolute atomic E-state index is 0.298. The van der Waals surface area contributed by atoms with Crippen molar-refractivity contribution in [3.05, 3.63) is 54.2 Å². The van der Waals surface area contributed by atoms with Gasteiger partial charge in [-0.3, -0.25) is 4.98 Å². The second-order valence-corrected chi connectivity index (χ2v) is 10.3. The predicted molar refractivity (Wildman–Crippen MR) is 112 cm³/mol. The molecule has 152 valence electrons. The number of piperidine rings is 1. The minimum Gasteiger partial charge on any atom is -0.332 e. The topological polar surface area (TPSA) is 68.1 Å². The monoisotopic (exact) mass is 410 g/mol.